The SMILES string of the molecule is CCOC(=O)c1ccc(OCCO/C=C\OC)c(OO/C=C\OC)c1. The molecule has 0 aliphatic heterocycles. The number of carbonyl (C=O) groups excluding carboxylic acids is 1. The van der Waals surface area contributed by atoms with Crippen LogP contribution in [0, 0.1) is 0 Å². The predicted octanol–water partition coefficient (Wildman–Crippen LogP) is 2.80. The molecule has 8 heteroatoms. The third kappa shape index (κ3) is 7.87. The first kappa shape index (κ1) is 20.0. The zero-order chi connectivity index (χ0) is 18.3. The van der Waals surface area contributed by atoms with Gasteiger partial charge in [0.1, 0.15) is 32.0 Å². The molecule has 0 fully saturated rings. The summed E-state index contributed by atoms with van der Waals surface area (Å²) >= 11 is 0. The van der Waals surface area contributed by atoms with E-state index < -0.39 is 5.97 Å². The van der Waals surface area contributed by atoms with Crippen molar-refractivity contribution >= 4 is 5.97 Å². The van der Waals surface area contributed by atoms with E-state index in [1.807, 2.05) is 0 Å². The number of hydrogen-bond acceptors (Lipinski definition) is 8. The summed E-state index contributed by atoms with van der Waals surface area (Å²) in [6, 6.07) is 4.60. The van der Waals surface area contributed by atoms with Gasteiger partial charge in [0.25, 0.3) is 0 Å². The summed E-state index contributed by atoms with van der Waals surface area (Å²) in [5.41, 5.74) is 0.308. The zero-order valence-electron chi connectivity index (χ0n) is 14.4. The lowest BCUT2D eigenvalue weighted by Gasteiger charge is -2.12. The van der Waals surface area contributed by atoms with Crippen LogP contribution in [-0.4, -0.2) is 40.0 Å². The second kappa shape index (κ2) is 12.4. The van der Waals surface area contributed by atoms with Gasteiger partial charge in [-0.15, -0.1) is 0 Å². The van der Waals surface area contributed by atoms with Crippen LogP contribution in [0.4, 0.5) is 0 Å². The van der Waals surface area contributed by atoms with Crippen molar-refractivity contribution in [3.05, 3.63) is 48.8 Å². The highest BCUT2D eigenvalue weighted by Gasteiger charge is 2.13. The van der Waals surface area contributed by atoms with Crippen LogP contribution in [-0.2, 0) is 23.8 Å². The van der Waals surface area contributed by atoms with Crippen molar-refractivity contribution in [2.75, 3.05) is 34.0 Å². The van der Waals surface area contributed by atoms with Gasteiger partial charge in [-0.3, -0.25) is 9.78 Å². The summed E-state index contributed by atoms with van der Waals surface area (Å²) in [5, 5.41) is 0. The van der Waals surface area contributed by atoms with Crippen molar-refractivity contribution in [3.8, 4) is 11.5 Å². The Hall–Kier alpha value is -3.03. The molecule has 0 saturated heterocycles. The van der Waals surface area contributed by atoms with Crippen LogP contribution >= 0.6 is 0 Å². The number of hydrogen-bond donors (Lipinski definition) is 0. The van der Waals surface area contributed by atoms with E-state index in [4.69, 9.17) is 33.5 Å². The van der Waals surface area contributed by atoms with Crippen molar-refractivity contribution in [2.45, 2.75) is 6.92 Å². The fourth-order valence-electron chi connectivity index (χ4n) is 1.55. The molecule has 0 spiro atoms. The van der Waals surface area contributed by atoms with Gasteiger partial charge in [-0.2, -0.15) is 0 Å². The second-order valence-corrected chi connectivity index (χ2v) is 4.30. The van der Waals surface area contributed by atoms with Crippen LogP contribution < -0.4 is 9.62 Å². The average molecular weight is 354 g/mol. The molecule has 0 radical (unpaired) electrons. The van der Waals surface area contributed by atoms with E-state index in [9.17, 15) is 4.79 Å². The molecule has 0 aliphatic rings. The van der Waals surface area contributed by atoms with E-state index in [-0.39, 0.29) is 19.0 Å². The summed E-state index contributed by atoms with van der Waals surface area (Å²) in [6.07, 6.45) is 5.28. The number of methoxy groups -OCH3 is 2. The Kier molecular flexibility index (Phi) is 9.93. The quantitative estimate of drug-likeness (QED) is 0.186. The minimum atomic E-state index is -0.473. The lowest BCUT2D eigenvalue weighted by atomic mass is 10.2. The van der Waals surface area contributed by atoms with E-state index in [2.05, 4.69) is 0 Å². The van der Waals surface area contributed by atoms with Gasteiger partial charge in [-0.1, -0.05) is 0 Å². The minimum Gasteiger partial charge on any atom is -0.501 e. The third-order valence-corrected chi connectivity index (χ3v) is 2.59. The highest BCUT2D eigenvalue weighted by atomic mass is 17.2. The Labute approximate surface area is 146 Å². The first-order chi connectivity index (χ1) is 12.2. The summed E-state index contributed by atoms with van der Waals surface area (Å²) in [5.74, 6) is 0.108. The topological polar surface area (TPSA) is 81.7 Å². The summed E-state index contributed by atoms with van der Waals surface area (Å²) < 4.78 is 25.0. The first-order valence-electron chi connectivity index (χ1n) is 7.47. The monoisotopic (exact) mass is 354 g/mol. The summed E-state index contributed by atoms with van der Waals surface area (Å²) in [6.45, 7) is 2.54. The molecule has 8 nitrogen and oxygen atoms in total. The molecular formula is C17H22O8. The maximum atomic E-state index is 11.8. The molecule has 1 aromatic rings. The Morgan fingerprint density at radius 3 is 2.48 bits per heavy atom. The van der Waals surface area contributed by atoms with E-state index in [0.717, 1.165) is 0 Å². The fourth-order valence-corrected chi connectivity index (χ4v) is 1.55. The molecule has 0 N–H and O–H groups in total. The van der Waals surface area contributed by atoms with Gasteiger partial charge >= 0.3 is 5.97 Å². The smallest absolute Gasteiger partial charge is 0.338 e. The van der Waals surface area contributed by atoms with Crippen LogP contribution in [0.2, 0.25) is 0 Å². The average Bonchev–Trinajstić information content (AvgIpc) is 2.62. The molecule has 0 atom stereocenters. The normalized spacial score (nSPS) is 10.5. The number of carbonyl (C=O) groups is 1. The molecule has 138 valence electrons. The van der Waals surface area contributed by atoms with Crippen LogP contribution in [0.1, 0.15) is 17.3 Å². The molecule has 1 rings (SSSR count). The number of ether oxygens (including phenoxy) is 5. The van der Waals surface area contributed by atoms with Gasteiger partial charge in [0, 0.05) is 6.07 Å². The van der Waals surface area contributed by atoms with Crippen molar-refractivity contribution in [3.63, 3.8) is 0 Å². The number of esters is 1. The zero-order valence-corrected chi connectivity index (χ0v) is 14.4. The molecular weight excluding hydrogens is 332 g/mol. The van der Waals surface area contributed by atoms with Crippen LogP contribution in [0.15, 0.2) is 43.2 Å². The standard InChI is InChI=1S/C17H22O8/c1-4-22-17(18)14-5-6-15(23-11-10-21-9-7-19-2)16(13-14)25-24-12-8-20-3/h5-9,12-13H,4,10-11H2,1-3H3/b9-7-,12-8-. The van der Waals surface area contributed by atoms with E-state index in [0.29, 0.717) is 17.9 Å². The molecule has 0 heterocycles. The fraction of sp³-hybridized carbons (Fsp3) is 0.353. The third-order valence-electron chi connectivity index (χ3n) is 2.59. The molecule has 0 amide bonds. The lowest BCUT2D eigenvalue weighted by Crippen LogP contribution is -2.08. The van der Waals surface area contributed by atoms with Gasteiger partial charge in [-0.25, -0.2) is 4.79 Å². The van der Waals surface area contributed by atoms with Gasteiger partial charge in [0.2, 0.25) is 5.75 Å². The highest BCUT2D eigenvalue weighted by molar-refractivity contribution is 5.90. The van der Waals surface area contributed by atoms with Crippen LogP contribution in [0.25, 0.3) is 0 Å². The van der Waals surface area contributed by atoms with Gasteiger partial charge in [0.15, 0.2) is 12.0 Å². The Balaban J connectivity index is 2.73. The summed E-state index contributed by atoms with van der Waals surface area (Å²) in [4.78, 5) is 21.8. The molecule has 0 aromatic heterocycles. The first-order valence-corrected chi connectivity index (χ1v) is 7.47. The van der Waals surface area contributed by atoms with Crippen molar-refractivity contribution < 1.29 is 38.3 Å². The summed E-state index contributed by atoms with van der Waals surface area (Å²) in [7, 11) is 2.98. The minimum absolute atomic E-state index is 0.207. The van der Waals surface area contributed by atoms with E-state index in [1.165, 1.54) is 45.3 Å². The molecule has 0 unspecified atom stereocenters. The van der Waals surface area contributed by atoms with Gasteiger partial charge in [-0.05, 0) is 19.1 Å². The Bertz CT molecular complexity index is 568. The molecule has 1 aromatic carbocycles. The lowest BCUT2D eigenvalue weighted by molar-refractivity contribution is -0.152. The van der Waals surface area contributed by atoms with Gasteiger partial charge in [0.05, 0.1) is 26.4 Å². The Morgan fingerprint density at radius 2 is 1.76 bits per heavy atom. The predicted molar refractivity (Wildman–Crippen MR) is 87.9 cm³/mol. The van der Waals surface area contributed by atoms with Crippen LogP contribution in [0.3, 0.4) is 0 Å². The largest absolute Gasteiger partial charge is 0.501 e. The molecule has 25 heavy (non-hydrogen) atoms. The molecule has 0 bridgehead atoms. The number of benzene rings is 1. The maximum absolute atomic E-state index is 11.8. The van der Waals surface area contributed by atoms with Crippen molar-refractivity contribution in [2.24, 2.45) is 0 Å². The van der Waals surface area contributed by atoms with Crippen LogP contribution in [0.5, 0.6) is 11.5 Å². The molecule has 0 saturated carbocycles. The second-order valence-electron chi connectivity index (χ2n) is 4.30. The highest BCUT2D eigenvalue weighted by Crippen LogP contribution is 2.29. The van der Waals surface area contributed by atoms with E-state index in [1.54, 1.807) is 19.1 Å². The van der Waals surface area contributed by atoms with Crippen molar-refractivity contribution in [1.29, 1.82) is 0 Å². The Morgan fingerprint density at radius 1 is 1.00 bits per heavy atom. The molecule has 0 aliphatic carbocycles. The maximum Gasteiger partial charge on any atom is 0.338 e. The van der Waals surface area contributed by atoms with Crippen molar-refractivity contribution in [1.82, 2.24) is 0 Å². The van der Waals surface area contributed by atoms with E-state index >= 15 is 0 Å². The van der Waals surface area contributed by atoms with Gasteiger partial charge < -0.3 is 23.7 Å². The number of rotatable bonds is 12.